The predicted octanol–water partition coefficient (Wildman–Crippen LogP) is 6.32. The number of fused-ring (bicyclic) bond motifs is 1. The summed E-state index contributed by atoms with van der Waals surface area (Å²) in [6.45, 7) is 2.38. The first-order valence-electron chi connectivity index (χ1n) is 11.5. The second-order valence-electron chi connectivity index (χ2n) is 9.20. The summed E-state index contributed by atoms with van der Waals surface area (Å²) in [5.41, 5.74) is 2.50. The number of hydrogen-bond acceptors (Lipinski definition) is 2. The van der Waals surface area contributed by atoms with E-state index in [0.717, 1.165) is 28.8 Å². The Hall–Kier alpha value is -3.45. The molecular formula is C28H27F3NO3+. The molecule has 0 spiro atoms. The molecule has 0 saturated carbocycles. The van der Waals surface area contributed by atoms with Gasteiger partial charge < -0.3 is 5.11 Å². The summed E-state index contributed by atoms with van der Waals surface area (Å²) in [6.07, 6.45) is -5.04. The molecule has 7 heteroatoms. The lowest BCUT2D eigenvalue weighted by Crippen LogP contribution is -2.58. The topological polar surface area (TPSA) is 54.4 Å². The average Bonchev–Trinajstić information content (AvgIpc) is 2.83. The monoisotopic (exact) mass is 482 g/mol. The molecule has 35 heavy (non-hydrogen) atoms. The van der Waals surface area contributed by atoms with Crippen molar-refractivity contribution in [2.75, 3.05) is 6.54 Å². The summed E-state index contributed by atoms with van der Waals surface area (Å²) in [7, 11) is 0. The maximum atomic E-state index is 13.9. The van der Waals surface area contributed by atoms with E-state index in [1.165, 1.54) is 6.07 Å². The van der Waals surface area contributed by atoms with E-state index in [9.17, 15) is 27.9 Å². The van der Waals surface area contributed by atoms with Crippen LogP contribution in [0.4, 0.5) is 13.2 Å². The molecule has 1 N–H and O–H groups in total. The molecule has 1 aliphatic heterocycles. The third kappa shape index (κ3) is 5.00. The van der Waals surface area contributed by atoms with Crippen LogP contribution >= 0.6 is 0 Å². The van der Waals surface area contributed by atoms with Gasteiger partial charge in [-0.3, -0.25) is 4.79 Å². The fraction of sp³-hybridized carbons (Fsp3) is 0.286. The molecule has 0 aliphatic carbocycles. The number of hydrogen-bond donors (Lipinski definition) is 1. The minimum atomic E-state index is -4.51. The van der Waals surface area contributed by atoms with Gasteiger partial charge in [0.05, 0.1) is 24.9 Å². The number of carboxylic acid groups (broad SMARTS) is 1. The van der Waals surface area contributed by atoms with Crippen LogP contribution < -0.4 is 0 Å². The van der Waals surface area contributed by atoms with Crippen molar-refractivity contribution in [1.29, 1.82) is 0 Å². The quantitative estimate of drug-likeness (QED) is 0.418. The van der Waals surface area contributed by atoms with Crippen LogP contribution in [0.1, 0.15) is 59.5 Å². The van der Waals surface area contributed by atoms with Crippen molar-refractivity contribution >= 4 is 11.9 Å². The van der Waals surface area contributed by atoms with Gasteiger partial charge in [-0.05, 0) is 17.7 Å². The minimum absolute atomic E-state index is 0.0284. The van der Waals surface area contributed by atoms with E-state index in [-0.39, 0.29) is 35.7 Å². The molecule has 1 aliphatic rings. The van der Waals surface area contributed by atoms with E-state index in [1.54, 1.807) is 6.07 Å². The zero-order valence-corrected chi connectivity index (χ0v) is 19.3. The van der Waals surface area contributed by atoms with Crippen LogP contribution in [0.15, 0.2) is 78.9 Å². The predicted molar refractivity (Wildman–Crippen MR) is 125 cm³/mol. The Bertz CT molecular complexity index is 1230. The van der Waals surface area contributed by atoms with Gasteiger partial charge in [-0.15, -0.1) is 0 Å². The van der Waals surface area contributed by atoms with Gasteiger partial charge in [0.25, 0.3) is 0 Å². The van der Waals surface area contributed by atoms with Crippen molar-refractivity contribution in [1.82, 2.24) is 0 Å². The van der Waals surface area contributed by atoms with Gasteiger partial charge in [-0.25, -0.2) is 9.28 Å². The lowest BCUT2D eigenvalue weighted by atomic mass is 9.80. The minimum Gasteiger partial charge on any atom is -0.481 e. The van der Waals surface area contributed by atoms with Crippen LogP contribution in [0.3, 0.4) is 0 Å². The maximum absolute atomic E-state index is 13.9. The number of carbonyl (C=O) groups is 2. The molecule has 0 saturated heterocycles. The zero-order chi connectivity index (χ0) is 25.2. The summed E-state index contributed by atoms with van der Waals surface area (Å²) in [5, 5.41) is 9.27. The Kier molecular flexibility index (Phi) is 6.81. The zero-order valence-electron chi connectivity index (χ0n) is 19.3. The smallest absolute Gasteiger partial charge is 0.416 e. The fourth-order valence-corrected chi connectivity index (χ4v) is 5.37. The molecule has 1 heterocycles. The molecule has 1 amide bonds. The molecule has 182 valence electrons. The van der Waals surface area contributed by atoms with Crippen molar-refractivity contribution in [2.24, 2.45) is 0 Å². The van der Waals surface area contributed by atoms with Crippen LogP contribution in [-0.4, -0.2) is 28.0 Å². The van der Waals surface area contributed by atoms with Crippen molar-refractivity contribution in [3.05, 3.63) is 107 Å². The Morgan fingerprint density at radius 2 is 1.57 bits per heavy atom. The number of benzene rings is 3. The normalized spacial score (nSPS) is 21.8. The average molecular weight is 483 g/mol. The number of aliphatic carboxylic acids is 1. The van der Waals surface area contributed by atoms with Gasteiger partial charge >= 0.3 is 18.1 Å². The Morgan fingerprint density at radius 3 is 2.23 bits per heavy atom. The molecule has 3 atom stereocenters. The molecule has 0 fully saturated rings. The van der Waals surface area contributed by atoms with E-state index >= 15 is 0 Å². The molecular weight excluding hydrogens is 455 g/mol. The van der Waals surface area contributed by atoms with Crippen LogP contribution in [0.2, 0.25) is 0 Å². The molecule has 4 rings (SSSR count). The first kappa shape index (κ1) is 24.7. The highest BCUT2D eigenvalue weighted by atomic mass is 19.4. The number of halogens is 3. The third-order valence-corrected chi connectivity index (χ3v) is 6.80. The first-order chi connectivity index (χ1) is 16.6. The number of rotatable bonds is 6. The highest BCUT2D eigenvalue weighted by molar-refractivity contribution is 5.77. The number of carboxylic acids is 1. The van der Waals surface area contributed by atoms with E-state index in [0.29, 0.717) is 12.1 Å². The largest absolute Gasteiger partial charge is 0.481 e. The maximum Gasteiger partial charge on any atom is 0.416 e. The van der Waals surface area contributed by atoms with E-state index in [1.807, 2.05) is 61.5 Å². The van der Waals surface area contributed by atoms with E-state index in [4.69, 9.17) is 0 Å². The Labute approximate surface area is 202 Å². The van der Waals surface area contributed by atoms with E-state index < -0.39 is 23.8 Å². The third-order valence-electron chi connectivity index (χ3n) is 6.80. The van der Waals surface area contributed by atoms with Crippen LogP contribution in [0.5, 0.6) is 0 Å². The van der Waals surface area contributed by atoms with Crippen molar-refractivity contribution < 1.29 is 32.3 Å². The second kappa shape index (κ2) is 9.66. The van der Waals surface area contributed by atoms with E-state index in [2.05, 4.69) is 0 Å². The summed E-state index contributed by atoms with van der Waals surface area (Å²) < 4.78 is 40.3. The molecule has 3 unspecified atom stereocenters. The van der Waals surface area contributed by atoms with Crippen LogP contribution in [0.25, 0.3) is 0 Å². The summed E-state index contributed by atoms with van der Waals surface area (Å²) in [6, 6.07) is 21.9. The molecule has 3 aromatic carbocycles. The van der Waals surface area contributed by atoms with Crippen LogP contribution in [0, 0.1) is 0 Å². The van der Waals surface area contributed by atoms with Gasteiger partial charge in [0.15, 0.2) is 0 Å². The lowest BCUT2D eigenvalue weighted by Gasteiger charge is -2.48. The number of carbonyl (C=O) groups excluding carboxylic acids is 1. The first-order valence-corrected chi connectivity index (χ1v) is 11.5. The fourth-order valence-electron chi connectivity index (χ4n) is 5.37. The number of nitrogens with zero attached hydrogens (tertiary/aromatic N) is 1. The Morgan fingerprint density at radius 1 is 0.914 bits per heavy atom. The van der Waals surface area contributed by atoms with Gasteiger partial charge in [-0.2, -0.15) is 13.2 Å². The van der Waals surface area contributed by atoms with Crippen molar-refractivity contribution in [3.63, 3.8) is 0 Å². The summed E-state index contributed by atoms with van der Waals surface area (Å²) >= 11 is 0. The van der Waals surface area contributed by atoms with Gasteiger partial charge in [0.1, 0.15) is 12.6 Å². The molecule has 0 radical (unpaired) electrons. The highest BCUT2D eigenvalue weighted by Gasteiger charge is 2.51. The molecule has 4 nitrogen and oxygen atoms in total. The van der Waals surface area contributed by atoms with Gasteiger partial charge in [0.2, 0.25) is 0 Å². The SMILES string of the molecule is CC1C[N+](Cc2cccc(C(F)(F)F)c2)(C(=O)CCC(=O)O)C(c2ccccc2)c2ccccc21. The van der Waals surface area contributed by atoms with Gasteiger partial charge in [-0.1, -0.05) is 73.7 Å². The van der Waals surface area contributed by atoms with Gasteiger partial charge in [0, 0.05) is 22.6 Å². The Balaban J connectivity index is 1.92. The molecule has 3 aromatic rings. The number of quaternary nitrogens is 1. The van der Waals surface area contributed by atoms with Crippen LogP contribution in [-0.2, 0) is 22.3 Å². The molecule has 0 aromatic heterocycles. The standard InChI is InChI=1S/C28H26F3NO3/c1-19-17-32(25(33)14-15-26(34)35,18-20-8-7-11-22(16-20)28(29,30)31)27(21-9-3-2-4-10-21)24-13-6-5-12-23(19)24/h2-13,16,19,27H,14-15,17-18H2,1H3/p+1. The van der Waals surface area contributed by atoms with Crippen molar-refractivity contribution in [3.8, 4) is 0 Å². The highest BCUT2D eigenvalue weighted by Crippen LogP contribution is 2.47. The summed E-state index contributed by atoms with van der Waals surface area (Å²) in [4.78, 5) is 25.3. The van der Waals surface area contributed by atoms with Crippen molar-refractivity contribution in [2.45, 2.75) is 44.4 Å². The number of alkyl halides is 3. The molecule has 0 bridgehead atoms. The lowest BCUT2D eigenvalue weighted by molar-refractivity contribution is -0.896. The second-order valence-corrected chi connectivity index (χ2v) is 9.20. The number of amides is 1. The summed E-state index contributed by atoms with van der Waals surface area (Å²) in [5.74, 6) is -1.43.